The van der Waals surface area contributed by atoms with Gasteiger partial charge in [0.1, 0.15) is 0 Å². The zero-order valence-electron chi connectivity index (χ0n) is 9.34. The Hall–Kier alpha value is -0.610. The lowest BCUT2D eigenvalue weighted by Crippen LogP contribution is -2.41. The highest BCUT2D eigenvalue weighted by molar-refractivity contribution is 5.77. The summed E-state index contributed by atoms with van der Waals surface area (Å²) in [6.45, 7) is 7.19. The van der Waals surface area contributed by atoms with E-state index in [9.17, 15) is 4.79 Å². The van der Waals surface area contributed by atoms with E-state index in [1.165, 1.54) is 0 Å². The van der Waals surface area contributed by atoms with Crippen molar-refractivity contribution in [3.63, 3.8) is 0 Å². The number of nitrogens with one attached hydrogen (secondary N) is 2. The first-order valence-electron chi connectivity index (χ1n) is 5.22. The summed E-state index contributed by atoms with van der Waals surface area (Å²) in [6, 6.07) is 0.211. The minimum absolute atomic E-state index is 0.0103. The normalized spacial score (nSPS) is 12.9. The van der Waals surface area contributed by atoms with Crippen LogP contribution in [0.1, 0.15) is 27.2 Å². The van der Waals surface area contributed by atoms with E-state index in [2.05, 4.69) is 24.5 Å². The summed E-state index contributed by atoms with van der Waals surface area (Å²) in [5, 5.41) is 14.7. The molecule has 0 fully saturated rings. The number of aliphatic hydroxyl groups is 1. The quantitative estimate of drug-likeness (QED) is 0.549. The summed E-state index contributed by atoms with van der Waals surface area (Å²) in [6.07, 6.45) is 0.692. The molecule has 1 amide bonds. The molecule has 0 saturated carbocycles. The van der Waals surface area contributed by atoms with E-state index in [1.54, 1.807) is 0 Å². The van der Waals surface area contributed by atoms with Gasteiger partial charge in [0.2, 0.25) is 5.91 Å². The van der Waals surface area contributed by atoms with Crippen LogP contribution in [0.2, 0.25) is 0 Å². The first kappa shape index (κ1) is 13.4. The number of carbonyl (C=O) groups is 1. The van der Waals surface area contributed by atoms with Gasteiger partial charge in [-0.3, -0.25) is 4.79 Å². The van der Waals surface area contributed by atoms with Crippen molar-refractivity contribution in [2.75, 3.05) is 19.7 Å². The fourth-order valence-corrected chi connectivity index (χ4v) is 1.29. The fraction of sp³-hybridized carbons (Fsp3) is 0.900. The molecule has 0 aromatic rings. The van der Waals surface area contributed by atoms with Crippen molar-refractivity contribution in [2.24, 2.45) is 5.92 Å². The van der Waals surface area contributed by atoms with E-state index in [4.69, 9.17) is 5.11 Å². The number of carbonyl (C=O) groups excluding carboxylic acids is 1. The Morgan fingerprint density at radius 1 is 1.43 bits per heavy atom. The van der Waals surface area contributed by atoms with Crippen LogP contribution >= 0.6 is 0 Å². The average Bonchev–Trinajstić information content (AvgIpc) is 2.12. The Bertz CT molecular complexity index is 160. The zero-order valence-corrected chi connectivity index (χ0v) is 9.34. The van der Waals surface area contributed by atoms with Crippen molar-refractivity contribution in [3.8, 4) is 0 Å². The van der Waals surface area contributed by atoms with Gasteiger partial charge in [0, 0.05) is 19.2 Å². The molecule has 0 aromatic carbocycles. The second kappa shape index (κ2) is 7.76. The third-order valence-electron chi connectivity index (χ3n) is 2.14. The first-order chi connectivity index (χ1) is 6.61. The van der Waals surface area contributed by atoms with E-state index >= 15 is 0 Å². The second-order valence-electron chi connectivity index (χ2n) is 3.70. The molecule has 0 saturated heterocycles. The van der Waals surface area contributed by atoms with E-state index in [0.717, 1.165) is 0 Å². The molecule has 1 atom stereocenters. The Labute approximate surface area is 86.1 Å². The third-order valence-corrected chi connectivity index (χ3v) is 2.14. The fourth-order valence-electron chi connectivity index (χ4n) is 1.29. The van der Waals surface area contributed by atoms with Gasteiger partial charge in [-0.1, -0.05) is 13.8 Å². The molecule has 0 aliphatic heterocycles. The predicted octanol–water partition coefficient (Wildman–Crippen LogP) is 0.119. The molecule has 0 radical (unpaired) electrons. The number of likely N-dealkylation sites (N-methyl/N-ethyl adjacent to an activating group) is 1. The Morgan fingerprint density at radius 2 is 2.07 bits per heavy atom. The number of rotatable bonds is 7. The molecule has 84 valence electrons. The highest BCUT2D eigenvalue weighted by Crippen LogP contribution is 2.04. The van der Waals surface area contributed by atoms with Gasteiger partial charge in [0.05, 0.1) is 6.54 Å². The summed E-state index contributed by atoms with van der Waals surface area (Å²) in [5.41, 5.74) is 0. The van der Waals surface area contributed by atoms with Crippen LogP contribution in [-0.4, -0.2) is 36.8 Å². The largest absolute Gasteiger partial charge is 0.396 e. The van der Waals surface area contributed by atoms with Crippen molar-refractivity contribution < 1.29 is 9.90 Å². The van der Waals surface area contributed by atoms with Crippen LogP contribution in [0.4, 0.5) is 0 Å². The number of hydrogen-bond donors (Lipinski definition) is 3. The monoisotopic (exact) mass is 202 g/mol. The number of amides is 1. The maximum absolute atomic E-state index is 11.1. The van der Waals surface area contributed by atoms with Gasteiger partial charge in [-0.2, -0.15) is 0 Å². The summed E-state index contributed by atoms with van der Waals surface area (Å²) in [7, 11) is 0. The molecule has 3 N–H and O–H groups in total. The molecule has 1 unspecified atom stereocenters. The van der Waals surface area contributed by atoms with Crippen molar-refractivity contribution in [2.45, 2.75) is 33.2 Å². The van der Waals surface area contributed by atoms with Crippen molar-refractivity contribution in [1.29, 1.82) is 0 Å². The molecule has 0 aliphatic rings. The Kier molecular flexibility index (Phi) is 7.42. The van der Waals surface area contributed by atoms with Crippen LogP contribution < -0.4 is 10.6 Å². The molecule has 0 heterocycles. The molecule has 14 heavy (non-hydrogen) atoms. The van der Waals surface area contributed by atoms with Crippen LogP contribution in [-0.2, 0) is 4.79 Å². The van der Waals surface area contributed by atoms with Gasteiger partial charge < -0.3 is 15.7 Å². The average molecular weight is 202 g/mol. The first-order valence-corrected chi connectivity index (χ1v) is 5.22. The van der Waals surface area contributed by atoms with Crippen LogP contribution in [0, 0.1) is 5.92 Å². The lowest BCUT2D eigenvalue weighted by atomic mass is 10.0. The smallest absolute Gasteiger partial charge is 0.233 e. The van der Waals surface area contributed by atoms with E-state index in [-0.39, 0.29) is 18.6 Å². The standard InChI is InChI=1S/C10H22N2O2/c1-4-11-10(14)7-12-9(5-6-13)8(2)3/h8-9,12-13H,4-7H2,1-3H3,(H,11,14). The van der Waals surface area contributed by atoms with Gasteiger partial charge >= 0.3 is 0 Å². The van der Waals surface area contributed by atoms with Crippen molar-refractivity contribution in [3.05, 3.63) is 0 Å². The molecule has 0 aromatic heterocycles. The van der Waals surface area contributed by atoms with Gasteiger partial charge in [0.25, 0.3) is 0 Å². The highest BCUT2D eigenvalue weighted by atomic mass is 16.3. The van der Waals surface area contributed by atoms with Crippen molar-refractivity contribution in [1.82, 2.24) is 10.6 Å². The molecule has 0 rings (SSSR count). The van der Waals surface area contributed by atoms with Gasteiger partial charge in [-0.05, 0) is 19.3 Å². The minimum Gasteiger partial charge on any atom is -0.396 e. The summed E-state index contributed by atoms with van der Waals surface area (Å²) in [4.78, 5) is 11.1. The van der Waals surface area contributed by atoms with E-state index in [0.29, 0.717) is 25.4 Å². The maximum Gasteiger partial charge on any atom is 0.233 e. The molecule has 0 spiro atoms. The maximum atomic E-state index is 11.1. The Balaban J connectivity index is 3.75. The van der Waals surface area contributed by atoms with E-state index in [1.807, 2.05) is 6.92 Å². The number of aliphatic hydroxyl groups excluding tert-OH is 1. The molecule has 4 nitrogen and oxygen atoms in total. The van der Waals surface area contributed by atoms with Crippen LogP contribution in [0.25, 0.3) is 0 Å². The summed E-state index contributed by atoms with van der Waals surface area (Å²) < 4.78 is 0. The van der Waals surface area contributed by atoms with Crippen LogP contribution in [0.15, 0.2) is 0 Å². The SMILES string of the molecule is CCNC(=O)CNC(CCO)C(C)C. The lowest BCUT2D eigenvalue weighted by Gasteiger charge is -2.21. The Morgan fingerprint density at radius 3 is 2.50 bits per heavy atom. The molecule has 0 bridgehead atoms. The molecular weight excluding hydrogens is 180 g/mol. The van der Waals surface area contributed by atoms with Gasteiger partial charge in [-0.25, -0.2) is 0 Å². The van der Waals surface area contributed by atoms with E-state index < -0.39 is 0 Å². The topological polar surface area (TPSA) is 61.4 Å². The van der Waals surface area contributed by atoms with Gasteiger partial charge in [0.15, 0.2) is 0 Å². The predicted molar refractivity (Wildman–Crippen MR) is 57.0 cm³/mol. The lowest BCUT2D eigenvalue weighted by molar-refractivity contribution is -0.120. The molecule has 4 heteroatoms. The zero-order chi connectivity index (χ0) is 11.0. The number of hydrogen-bond acceptors (Lipinski definition) is 3. The highest BCUT2D eigenvalue weighted by Gasteiger charge is 2.12. The third kappa shape index (κ3) is 5.94. The minimum atomic E-state index is 0.0103. The summed E-state index contributed by atoms with van der Waals surface area (Å²) in [5.74, 6) is 0.438. The van der Waals surface area contributed by atoms with Crippen LogP contribution in [0.3, 0.4) is 0 Å². The van der Waals surface area contributed by atoms with Crippen molar-refractivity contribution >= 4 is 5.91 Å². The summed E-state index contributed by atoms with van der Waals surface area (Å²) >= 11 is 0. The molecular formula is C10H22N2O2. The molecule has 0 aliphatic carbocycles. The van der Waals surface area contributed by atoms with Gasteiger partial charge in [-0.15, -0.1) is 0 Å². The second-order valence-corrected chi connectivity index (χ2v) is 3.70. The van der Waals surface area contributed by atoms with Crippen LogP contribution in [0.5, 0.6) is 0 Å².